The van der Waals surface area contributed by atoms with Crippen LogP contribution in [0.5, 0.6) is 0 Å². The maximum atomic E-state index is 13.4. The van der Waals surface area contributed by atoms with Crippen LogP contribution < -0.4 is 5.01 Å². The average molecular weight is 464 g/mol. The molecule has 0 spiro atoms. The third-order valence-corrected chi connectivity index (χ3v) is 5.78. The van der Waals surface area contributed by atoms with E-state index in [0.29, 0.717) is 16.5 Å². The number of benzene rings is 3. The number of halogens is 4. The van der Waals surface area contributed by atoms with E-state index in [1.807, 2.05) is 35.3 Å². The molecule has 0 N–H and O–H groups in total. The Kier molecular flexibility index (Phi) is 5.22. The summed E-state index contributed by atoms with van der Waals surface area (Å²) in [6.45, 7) is 0. The van der Waals surface area contributed by atoms with Crippen LogP contribution in [0.15, 0.2) is 76.3 Å². The SMILES string of the molecule is Fc1ccc([C@@H]2CC(c3ccc(Br)cc3)=NN2c2ccc(Cl)c(Cl)c2)cc1. The summed E-state index contributed by atoms with van der Waals surface area (Å²) in [6, 6.07) is 20.0. The molecule has 1 heterocycles. The zero-order chi connectivity index (χ0) is 19.0. The van der Waals surface area contributed by atoms with E-state index < -0.39 is 0 Å². The summed E-state index contributed by atoms with van der Waals surface area (Å²) >= 11 is 15.7. The molecule has 0 aliphatic carbocycles. The first-order valence-corrected chi connectivity index (χ1v) is 9.89. The number of hydrogen-bond donors (Lipinski definition) is 0. The highest BCUT2D eigenvalue weighted by Gasteiger charge is 2.30. The van der Waals surface area contributed by atoms with Crippen molar-refractivity contribution in [2.75, 3.05) is 5.01 Å². The monoisotopic (exact) mass is 462 g/mol. The van der Waals surface area contributed by atoms with Gasteiger partial charge in [-0.15, -0.1) is 0 Å². The van der Waals surface area contributed by atoms with Gasteiger partial charge in [0.05, 0.1) is 27.5 Å². The third-order valence-electron chi connectivity index (χ3n) is 4.51. The second kappa shape index (κ2) is 7.63. The molecule has 0 radical (unpaired) electrons. The summed E-state index contributed by atoms with van der Waals surface area (Å²) in [5.41, 5.74) is 3.83. The van der Waals surface area contributed by atoms with Crippen molar-refractivity contribution in [3.05, 3.63) is 98.2 Å². The van der Waals surface area contributed by atoms with E-state index in [-0.39, 0.29) is 11.9 Å². The smallest absolute Gasteiger partial charge is 0.123 e. The fraction of sp³-hybridized carbons (Fsp3) is 0.0952. The van der Waals surface area contributed by atoms with Gasteiger partial charge in [-0.25, -0.2) is 4.39 Å². The Labute approximate surface area is 175 Å². The number of anilines is 1. The maximum absolute atomic E-state index is 13.4. The van der Waals surface area contributed by atoms with Gasteiger partial charge in [0.15, 0.2) is 0 Å². The highest BCUT2D eigenvalue weighted by atomic mass is 79.9. The number of hydrazone groups is 1. The lowest BCUT2D eigenvalue weighted by atomic mass is 9.98. The van der Waals surface area contributed by atoms with Crippen LogP contribution in [0.25, 0.3) is 0 Å². The van der Waals surface area contributed by atoms with Gasteiger partial charge in [-0.3, -0.25) is 5.01 Å². The van der Waals surface area contributed by atoms with Gasteiger partial charge in [-0.2, -0.15) is 5.10 Å². The fourth-order valence-electron chi connectivity index (χ4n) is 3.14. The summed E-state index contributed by atoms with van der Waals surface area (Å²) in [5.74, 6) is -0.258. The van der Waals surface area contributed by atoms with Crippen LogP contribution >= 0.6 is 39.1 Å². The predicted molar refractivity (Wildman–Crippen MR) is 113 cm³/mol. The molecule has 1 aliphatic rings. The predicted octanol–water partition coefficient (Wildman–Crippen LogP) is 7.25. The Morgan fingerprint density at radius 1 is 0.926 bits per heavy atom. The van der Waals surface area contributed by atoms with Gasteiger partial charge in [-0.1, -0.05) is 63.4 Å². The van der Waals surface area contributed by atoms with Gasteiger partial charge in [-0.05, 0) is 53.6 Å². The Morgan fingerprint density at radius 3 is 2.30 bits per heavy atom. The van der Waals surface area contributed by atoms with E-state index in [1.54, 1.807) is 24.3 Å². The Balaban J connectivity index is 1.76. The van der Waals surface area contributed by atoms with Gasteiger partial charge in [0.2, 0.25) is 0 Å². The minimum Gasteiger partial charge on any atom is -0.257 e. The van der Waals surface area contributed by atoms with Crippen molar-refractivity contribution in [1.82, 2.24) is 0 Å². The average Bonchev–Trinajstić information content (AvgIpc) is 3.10. The normalized spacial score (nSPS) is 16.5. The second-order valence-corrected chi connectivity index (χ2v) is 8.00. The molecule has 1 atom stereocenters. The first-order chi connectivity index (χ1) is 13.0. The van der Waals surface area contributed by atoms with Crippen molar-refractivity contribution >= 4 is 50.5 Å². The Bertz CT molecular complexity index is 1000. The molecule has 2 nitrogen and oxygen atoms in total. The molecule has 0 amide bonds. The van der Waals surface area contributed by atoms with E-state index in [4.69, 9.17) is 28.3 Å². The van der Waals surface area contributed by atoms with E-state index in [9.17, 15) is 4.39 Å². The van der Waals surface area contributed by atoms with Crippen LogP contribution in [0.1, 0.15) is 23.6 Å². The van der Waals surface area contributed by atoms with Crippen LogP contribution in [-0.2, 0) is 0 Å². The molecular formula is C21H14BrCl2FN2. The zero-order valence-electron chi connectivity index (χ0n) is 14.0. The zero-order valence-corrected chi connectivity index (χ0v) is 17.1. The Hall–Kier alpha value is -1.88. The highest BCUT2D eigenvalue weighted by molar-refractivity contribution is 9.10. The van der Waals surface area contributed by atoms with Crippen molar-refractivity contribution in [1.29, 1.82) is 0 Å². The molecule has 27 heavy (non-hydrogen) atoms. The van der Waals surface area contributed by atoms with Crippen LogP contribution in [0.3, 0.4) is 0 Å². The molecule has 4 rings (SSSR count). The van der Waals surface area contributed by atoms with E-state index in [1.165, 1.54) is 12.1 Å². The molecule has 0 unspecified atom stereocenters. The number of hydrogen-bond acceptors (Lipinski definition) is 2. The van der Waals surface area contributed by atoms with Crippen LogP contribution in [0.4, 0.5) is 10.1 Å². The molecular weight excluding hydrogens is 450 g/mol. The van der Waals surface area contributed by atoms with Crippen molar-refractivity contribution in [2.45, 2.75) is 12.5 Å². The lowest BCUT2D eigenvalue weighted by Crippen LogP contribution is -2.18. The summed E-state index contributed by atoms with van der Waals surface area (Å²) in [6.07, 6.45) is 0.702. The summed E-state index contributed by atoms with van der Waals surface area (Å²) in [5, 5.41) is 7.74. The lowest BCUT2D eigenvalue weighted by molar-refractivity contribution is 0.624. The van der Waals surface area contributed by atoms with Crippen molar-refractivity contribution in [3.8, 4) is 0 Å². The van der Waals surface area contributed by atoms with Crippen molar-refractivity contribution in [2.24, 2.45) is 5.10 Å². The summed E-state index contributed by atoms with van der Waals surface area (Å²) in [7, 11) is 0. The maximum Gasteiger partial charge on any atom is 0.123 e. The summed E-state index contributed by atoms with van der Waals surface area (Å²) in [4.78, 5) is 0. The molecule has 6 heteroatoms. The topological polar surface area (TPSA) is 15.6 Å². The van der Waals surface area contributed by atoms with Gasteiger partial charge in [0.25, 0.3) is 0 Å². The first-order valence-electron chi connectivity index (χ1n) is 8.34. The van der Waals surface area contributed by atoms with Crippen molar-refractivity contribution < 1.29 is 4.39 Å². The van der Waals surface area contributed by atoms with Crippen LogP contribution in [0, 0.1) is 5.82 Å². The standard InChI is InChI=1S/C21H14BrCl2FN2/c22-15-5-1-13(2-6-15)20-12-21(14-3-7-16(25)8-4-14)27(26-20)17-9-10-18(23)19(24)11-17/h1-11,21H,12H2/t21-/m0/s1. The number of rotatable bonds is 3. The fourth-order valence-corrected chi connectivity index (χ4v) is 3.69. The van der Waals surface area contributed by atoms with Crippen LogP contribution in [0.2, 0.25) is 10.0 Å². The molecule has 0 saturated carbocycles. The van der Waals surface area contributed by atoms with Gasteiger partial charge in [0.1, 0.15) is 5.82 Å². The van der Waals surface area contributed by atoms with E-state index >= 15 is 0 Å². The molecule has 0 aromatic heterocycles. The quantitative estimate of drug-likeness (QED) is 0.399. The first kappa shape index (κ1) is 18.5. The van der Waals surface area contributed by atoms with E-state index in [0.717, 1.165) is 27.0 Å². The van der Waals surface area contributed by atoms with Crippen molar-refractivity contribution in [3.63, 3.8) is 0 Å². The van der Waals surface area contributed by atoms with Gasteiger partial charge >= 0.3 is 0 Å². The lowest BCUT2D eigenvalue weighted by Gasteiger charge is -2.24. The minimum absolute atomic E-state index is 0.0542. The van der Waals surface area contributed by atoms with Crippen LogP contribution in [-0.4, -0.2) is 5.71 Å². The Morgan fingerprint density at radius 2 is 1.63 bits per heavy atom. The highest BCUT2D eigenvalue weighted by Crippen LogP contribution is 2.38. The van der Waals surface area contributed by atoms with Gasteiger partial charge in [0, 0.05) is 10.9 Å². The summed E-state index contributed by atoms with van der Waals surface area (Å²) < 4.78 is 14.4. The molecule has 3 aromatic carbocycles. The molecule has 136 valence electrons. The van der Waals surface area contributed by atoms with Gasteiger partial charge < -0.3 is 0 Å². The van der Waals surface area contributed by atoms with E-state index in [2.05, 4.69) is 15.9 Å². The second-order valence-electron chi connectivity index (χ2n) is 6.27. The third kappa shape index (κ3) is 3.88. The molecule has 3 aromatic rings. The molecule has 0 bridgehead atoms. The molecule has 0 saturated heterocycles. The largest absolute Gasteiger partial charge is 0.257 e. The number of nitrogens with zero attached hydrogens (tertiary/aromatic N) is 2. The minimum atomic E-state index is -0.258. The molecule has 1 aliphatic heterocycles. The molecule has 0 fully saturated rings.